The van der Waals surface area contributed by atoms with Crippen molar-refractivity contribution in [3.05, 3.63) is 38.7 Å². The van der Waals surface area contributed by atoms with Gasteiger partial charge in [-0.25, -0.2) is 0 Å². The van der Waals surface area contributed by atoms with E-state index in [2.05, 4.69) is 0 Å². The molecular formula is C13H11Cl2NOS2. The monoisotopic (exact) mass is 331 g/mol. The van der Waals surface area contributed by atoms with E-state index in [0.717, 1.165) is 5.56 Å². The van der Waals surface area contributed by atoms with Crippen molar-refractivity contribution < 1.29 is 4.79 Å². The summed E-state index contributed by atoms with van der Waals surface area (Å²) in [6.07, 6.45) is 1.73. The second kappa shape index (κ2) is 5.83. The first-order chi connectivity index (χ1) is 8.91. The molecule has 1 aliphatic rings. The van der Waals surface area contributed by atoms with E-state index in [9.17, 15) is 4.79 Å². The Labute approximate surface area is 131 Å². The molecule has 1 aliphatic heterocycles. The lowest BCUT2D eigenvalue weighted by Crippen LogP contribution is -2.34. The summed E-state index contributed by atoms with van der Waals surface area (Å²) < 4.78 is 0.574. The van der Waals surface area contributed by atoms with Crippen molar-refractivity contribution in [3.8, 4) is 0 Å². The number of hydrogen-bond donors (Lipinski definition) is 0. The fourth-order valence-electron chi connectivity index (χ4n) is 1.70. The van der Waals surface area contributed by atoms with Crippen LogP contribution in [0.25, 0.3) is 6.08 Å². The molecule has 0 atom stereocenters. The first-order valence-corrected chi connectivity index (χ1v) is 7.61. The number of thiocarbonyl (C=S) groups is 1. The lowest BCUT2D eigenvalue weighted by Gasteiger charge is -2.18. The van der Waals surface area contributed by atoms with Crippen LogP contribution in [0.1, 0.15) is 19.4 Å². The van der Waals surface area contributed by atoms with E-state index in [0.29, 0.717) is 19.3 Å². The molecule has 1 fully saturated rings. The molecule has 2 rings (SSSR count). The normalized spacial score (nSPS) is 17.9. The summed E-state index contributed by atoms with van der Waals surface area (Å²) in [5.41, 5.74) is 0.721. The highest BCUT2D eigenvalue weighted by Crippen LogP contribution is 2.36. The van der Waals surface area contributed by atoms with Crippen LogP contribution in [0, 0.1) is 0 Å². The molecule has 0 bridgehead atoms. The van der Waals surface area contributed by atoms with Gasteiger partial charge in [-0.15, -0.1) is 0 Å². The van der Waals surface area contributed by atoms with Gasteiger partial charge in [-0.05, 0) is 31.6 Å². The first kappa shape index (κ1) is 14.9. The van der Waals surface area contributed by atoms with Crippen LogP contribution >= 0.6 is 47.2 Å². The topological polar surface area (TPSA) is 20.3 Å². The number of hydrogen-bond acceptors (Lipinski definition) is 3. The van der Waals surface area contributed by atoms with Crippen LogP contribution in [0.4, 0.5) is 0 Å². The van der Waals surface area contributed by atoms with Gasteiger partial charge in [-0.1, -0.05) is 59.3 Å². The van der Waals surface area contributed by atoms with E-state index >= 15 is 0 Å². The third-order valence-corrected chi connectivity index (χ3v) is 4.77. The van der Waals surface area contributed by atoms with Gasteiger partial charge in [0.2, 0.25) is 0 Å². The number of thioether (sulfide) groups is 1. The average Bonchev–Trinajstić information content (AvgIpc) is 2.60. The van der Waals surface area contributed by atoms with E-state index in [4.69, 9.17) is 35.4 Å². The van der Waals surface area contributed by atoms with Crippen molar-refractivity contribution in [1.29, 1.82) is 0 Å². The molecular weight excluding hydrogens is 321 g/mol. The van der Waals surface area contributed by atoms with Gasteiger partial charge in [-0.3, -0.25) is 9.69 Å². The predicted molar refractivity (Wildman–Crippen MR) is 86.6 cm³/mol. The van der Waals surface area contributed by atoms with Crippen molar-refractivity contribution in [2.24, 2.45) is 0 Å². The zero-order chi connectivity index (χ0) is 14.2. The van der Waals surface area contributed by atoms with Crippen LogP contribution in [-0.2, 0) is 4.79 Å². The van der Waals surface area contributed by atoms with Crippen molar-refractivity contribution in [3.63, 3.8) is 0 Å². The molecule has 0 aromatic heterocycles. The van der Waals surface area contributed by atoms with E-state index in [-0.39, 0.29) is 11.9 Å². The number of carbonyl (C=O) groups excluding carboxylic acids is 1. The third kappa shape index (κ3) is 2.97. The molecule has 0 spiro atoms. The van der Waals surface area contributed by atoms with Crippen LogP contribution in [0.3, 0.4) is 0 Å². The highest BCUT2D eigenvalue weighted by Gasteiger charge is 2.33. The number of nitrogens with zero attached hydrogens (tertiary/aromatic N) is 1. The van der Waals surface area contributed by atoms with E-state index < -0.39 is 0 Å². The Bertz CT molecular complexity index is 584. The Morgan fingerprint density at radius 2 is 2.05 bits per heavy atom. The molecule has 1 aromatic rings. The number of carbonyl (C=O) groups is 1. The SMILES string of the molecule is CC(C)N1C(=O)C(=Cc2cccc(Cl)c2Cl)SC1=S. The third-order valence-electron chi connectivity index (χ3n) is 2.61. The quantitative estimate of drug-likeness (QED) is 0.583. The number of rotatable bonds is 2. The van der Waals surface area contributed by atoms with Gasteiger partial charge in [0.05, 0.1) is 15.0 Å². The minimum Gasteiger partial charge on any atom is -0.290 e. The maximum atomic E-state index is 12.2. The van der Waals surface area contributed by atoms with Gasteiger partial charge in [0.15, 0.2) is 0 Å². The zero-order valence-corrected chi connectivity index (χ0v) is 13.5. The van der Waals surface area contributed by atoms with Crippen LogP contribution < -0.4 is 0 Å². The summed E-state index contributed by atoms with van der Waals surface area (Å²) in [6.45, 7) is 3.86. The lowest BCUT2D eigenvalue weighted by molar-refractivity contribution is -0.123. The fourth-order valence-corrected chi connectivity index (χ4v) is 3.58. The minimum absolute atomic E-state index is 0.0493. The Balaban J connectivity index is 2.38. The molecule has 0 aliphatic carbocycles. The first-order valence-electron chi connectivity index (χ1n) is 5.63. The summed E-state index contributed by atoms with van der Waals surface area (Å²) in [6, 6.07) is 5.37. The molecule has 0 unspecified atom stereocenters. The zero-order valence-electron chi connectivity index (χ0n) is 10.3. The maximum absolute atomic E-state index is 12.2. The maximum Gasteiger partial charge on any atom is 0.266 e. The molecule has 2 nitrogen and oxygen atoms in total. The van der Waals surface area contributed by atoms with Crippen LogP contribution in [-0.4, -0.2) is 21.2 Å². The molecule has 0 radical (unpaired) electrons. The summed E-state index contributed by atoms with van der Waals surface area (Å²) >= 11 is 18.6. The van der Waals surface area contributed by atoms with Crippen molar-refractivity contribution in [2.45, 2.75) is 19.9 Å². The second-order valence-corrected chi connectivity index (χ2v) is 6.75. The van der Waals surface area contributed by atoms with Crippen LogP contribution in [0.2, 0.25) is 10.0 Å². The Hall–Kier alpha value is -0.550. The highest BCUT2D eigenvalue weighted by molar-refractivity contribution is 8.26. The minimum atomic E-state index is -0.0824. The molecule has 100 valence electrons. The Morgan fingerprint density at radius 3 is 2.63 bits per heavy atom. The van der Waals surface area contributed by atoms with E-state index in [1.165, 1.54) is 11.8 Å². The van der Waals surface area contributed by atoms with Crippen molar-refractivity contribution in [1.82, 2.24) is 4.90 Å². The molecule has 1 amide bonds. The summed E-state index contributed by atoms with van der Waals surface area (Å²) in [7, 11) is 0. The Kier molecular flexibility index (Phi) is 4.56. The predicted octanol–water partition coefficient (Wildman–Crippen LogP) is 4.60. The smallest absolute Gasteiger partial charge is 0.266 e. The molecule has 6 heteroatoms. The molecule has 1 aromatic carbocycles. The van der Waals surface area contributed by atoms with Gasteiger partial charge in [0.1, 0.15) is 4.32 Å². The number of halogens is 2. The van der Waals surface area contributed by atoms with Gasteiger partial charge in [-0.2, -0.15) is 0 Å². The summed E-state index contributed by atoms with van der Waals surface area (Å²) in [5.74, 6) is -0.0824. The number of benzene rings is 1. The summed E-state index contributed by atoms with van der Waals surface area (Å²) in [4.78, 5) is 14.4. The van der Waals surface area contributed by atoms with Crippen molar-refractivity contribution >= 4 is 63.5 Å². The van der Waals surface area contributed by atoms with Crippen LogP contribution in [0.15, 0.2) is 23.1 Å². The van der Waals surface area contributed by atoms with E-state index in [1.807, 2.05) is 19.9 Å². The largest absolute Gasteiger partial charge is 0.290 e. The van der Waals surface area contributed by atoms with Gasteiger partial charge < -0.3 is 0 Å². The Morgan fingerprint density at radius 1 is 1.37 bits per heavy atom. The van der Waals surface area contributed by atoms with Crippen LogP contribution in [0.5, 0.6) is 0 Å². The molecule has 1 saturated heterocycles. The lowest BCUT2D eigenvalue weighted by atomic mass is 10.2. The van der Waals surface area contributed by atoms with Gasteiger partial charge in [0, 0.05) is 6.04 Å². The van der Waals surface area contributed by atoms with Gasteiger partial charge >= 0.3 is 0 Å². The standard InChI is InChI=1S/C13H11Cl2NOS2/c1-7(2)16-12(17)10(19-13(16)18)6-8-4-3-5-9(14)11(8)15/h3-7H,1-2H3. The fraction of sp³-hybridized carbons (Fsp3) is 0.231. The van der Waals surface area contributed by atoms with Crippen molar-refractivity contribution in [2.75, 3.05) is 0 Å². The molecule has 0 saturated carbocycles. The summed E-state index contributed by atoms with van der Waals surface area (Å²) in [5, 5.41) is 0.911. The average molecular weight is 332 g/mol. The highest BCUT2D eigenvalue weighted by atomic mass is 35.5. The van der Waals surface area contributed by atoms with Gasteiger partial charge in [0.25, 0.3) is 5.91 Å². The molecule has 1 heterocycles. The number of amides is 1. The second-order valence-electron chi connectivity index (χ2n) is 4.29. The molecule has 0 N–H and O–H groups in total. The van der Waals surface area contributed by atoms with E-state index in [1.54, 1.807) is 23.1 Å². The molecule has 19 heavy (non-hydrogen) atoms.